The molecule has 1 heterocycles. The highest BCUT2D eigenvalue weighted by molar-refractivity contribution is 6.60. The van der Waals surface area contributed by atoms with Gasteiger partial charge in [0.15, 0.2) is 5.79 Å². The van der Waals surface area contributed by atoms with Gasteiger partial charge in [-0.25, -0.2) is 0 Å². The van der Waals surface area contributed by atoms with Crippen molar-refractivity contribution in [2.75, 3.05) is 21.3 Å². The number of hydrogen-bond acceptors (Lipinski definition) is 4. The molecule has 4 nitrogen and oxygen atoms in total. The Morgan fingerprint density at radius 1 is 1.23 bits per heavy atom. The number of methoxy groups -OCH3 is 1. The average Bonchev–Trinajstić information content (AvgIpc) is 2.18. The Morgan fingerprint density at radius 3 is 2.31 bits per heavy atom. The fourth-order valence-corrected chi connectivity index (χ4v) is 3.87. The van der Waals surface area contributed by atoms with Crippen molar-refractivity contribution in [3.8, 4) is 0 Å². The van der Waals surface area contributed by atoms with Gasteiger partial charge in [0.1, 0.15) is 0 Å². The topological polar surface area (TPSA) is 36.9 Å². The molecule has 0 saturated carbocycles. The van der Waals surface area contributed by atoms with E-state index in [4.69, 9.17) is 18.0 Å². The number of ether oxygens (including phenoxy) is 1. The second kappa shape index (κ2) is 4.06. The molecule has 1 atom stereocenters. The molecule has 1 aliphatic heterocycles. The first-order chi connectivity index (χ1) is 6.10. The molecular formula is C8H18O4Si. The summed E-state index contributed by atoms with van der Waals surface area (Å²) in [5.74, 6) is -0.531. The highest BCUT2D eigenvalue weighted by Crippen LogP contribution is 2.34. The summed E-state index contributed by atoms with van der Waals surface area (Å²) in [6.45, 7) is 1.92. The molecular weight excluding hydrogens is 188 g/mol. The van der Waals surface area contributed by atoms with Crippen LogP contribution in [0.1, 0.15) is 19.8 Å². The predicted molar refractivity (Wildman–Crippen MR) is 50.3 cm³/mol. The van der Waals surface area contributed by atoms with Crippen molar-refractivity contribution in [1.82, 2.24) is 0 Å². The lowest BCUT2D eigenvalue weighted by Crippen LogP contribution is -2.54. The molecule has 1 rings (SSSR count). The fraction of sp³-hybridized carbons (Fsp3) is 1.00. The van der Waals surface area contributed by atoms with E-state index < -0.39 is 14.6 Å². The summed E-state index contributed by atoms with van der Waals surface area (Å²) in [4.78, 5) is 0. The van der Waals surface area contributed by atoms with Gasteiger partial charge in [-0.2, -0.15) is 0 Å². The van der Waals surface area contributed by atoms with Crippen LogP contribution in [0.4, 0.5) is 0 Å². The third kappa shape index (κ3) is 2.29. The van der Waals surface area contributed by atoms with E-state index >= 15 is 0 Å². The van der Waals surface area contributed by atoms with Gasteiger partial charge in [0.25, 0.3) is 0 Å². The van der Waals surface area contributed by atoms with Crippen LogP contribution in [0.3, 0.4) is 0 Å². The Balaban J connectivity index is 2.69. The lowest BCUT2D eigenvalue weighted by molar-refractivity contribution is -0.193. The van der Waals surface area contributed by atoms with Crippen LogP contribution in [0, 0.1) is 0 Å². The van der Waals surface area contributed by atoms with Crippen LogP contribution in [0.15, 0.2) is 0 Å². The van der Waals surface area contributed by atoms with E-state index in [1.54, 1.807) is 21.3 Å². The minimum Gasteiger partial charge on any atom is -0.377 e. The van der Waals surface area contributed by atoms with Crippen molar-refractivity contribution >= 4 is 8.80 Å². The second-order valence-electron chi connectivity index (χ2n) is 3.38. The van der Waals surface area contributed by atoms with Crippen molar-refractivity contribution in [2.24, 2.45) is 0 Å². The third-order valence-corrected chi connectivity index (χ3v) is 5.49. The minimum absolute atomic E-state index is 0.531. The maximum atomic E-state index is 5.78. The van der Waals surface area contributed by atoms with E-state index in [-0.39, 0.29) is 0 Å². The molecule has 5 heteroatoms. The fourth-order valence-electron chi connectivity index (χ4n) is 1.57. The van der Waals surface area contributed by atoms with Gasteiger partial charge in [0.05, 0.1) is 0 Å². The summed E-state index contributed by atoms with van der Waals surface area (Å²) < 4.78 is 21.8. The molecule has 0 amide bonds. The van der Waals surface area contributed by atoms with Crippen LogP contribution in [-0.2, 0) is 18.0 Å². The molecule has 0 spiro atoms. The van der Waals surface area contributed by atoms with Crippen molar-refractivity contribution in [3.05, 3.63) is 0 Å². The first-order valence-corrected chi connectivity index (χ1v) is 6.38. The van der Waals surface area contributed by atoms with Gasteiger partial charge in [0, 0.05) is 33.8 Å². The van der Waals surface area contributed by atoms with Gasteiger partial charge in [-0.3, -0.25) is 0 Å². The van der Waals surface area contributed by atoms with Gasteiger partial charge in [0.2, 0.25) is 0 Å². The maximum Gasteiger partial charge on any atom is 0.502 e. The highest BCUT2D eigenvalue weighted by atomic mass is 28.4. The monoisotopic (exact) mass is 206 g/mol. The van der Waals surface area contributed by atoms with Crippen LogP contribution >= 0.6 is 0 Å². The van der Waals surface area contributed by atoms with Crippen molar-refractivity contribution < 1.29 is 18.0 Å². The first kappa shape index (κ1) is 11.1. The molecule has 1 aliphatic rings. The van der Waals surface area contributed by atoms with E-state index in [0.29, 0.717) is 0 Å². The van der Waals surface area contributed by atoms with Gasteiger partial charge in [-0.1, -0.05) is 0 Å². The summed E-state index contributed by atoms with van der Waals surface area (Å²) in [6.07, 6.45) is 1.92. The Morgan fingerprint density at radius 2 is 1.85 bits per heavy atom. The van der Waals surface area contributed by atoms with E-state index in [1.807, 2.05) is 6.92 Å². The summed E-state index contributed by atoms with van der Waals surface area (Å²) in [7, 11) is 2.51. The minimum atomic E-state index is -2.41. The summed E-state index contributed by atoms with van der Waals surface area (Å²) in [6, 6.07) is 0.874. The van der Waals surface area contributed by atoms with Crippen LogP contribution in [-0.4, -0.2) is 35.9 Å². The van der Waals surface area contributed by atoms with Crippen LogP contribution in [0.5, 0.6) is 0 Å². The maximum absolute atomic E-state index is 5.78. The summed E-state index contributed by atoms with van der Waals surface area (Å²) in [5.41, 5.74) is 0. The summed E-state index contributed by atoms with van der Waals surface area (Å²) in [5, 5.41) is 0. The van der Waals surface area contributed by atoms with E-state index in [9.17, 15) is 0 Å². The van der Waals surface area contributed by atoms with Gasteiger partial charge < -0.3 is 18.0 Å². The standard InChI is InChI=1S/C8H18O4Si/c1-8(9-2)6-5-7-13(10-3,11-4)12-8/h5-7H2,1-4H3. The molecule has 0 aromatic rings. The SMILES string of the molecule is COC1(C)CCC[Si](OC)(OC)O1. The Kier molecular flexibility index (Phi) is 3.48. The Labute approximate surface area is 80.5 Å². The molecule has 0 aliphatic carbocycles. The van der Waals surface area contributed by atoms with E-state index in [2.05, 4.69) is 0 Å². The zero-order valence-electron chi connectivity index (χ0n) is 8.75. The van der Waals surface area contributed by atoms with Crippen LogP contribution < -0.4 is 0 Å². The second-order valence-corrected chi connectivity index (χ2v) is 6.27. The van der Waals surface area contributed by atoms with Crippen molar-refractivity contribution in [2.45, 2.75) is 31.6 Å². The first-order valence-electron chi connectivity index (χ1n) is 4.45. The summed E-state index contributed by atoms with van der Waals surface area (Å²) >= 11 is 0. The lowest BCUT2D eigenvalue weighted by Gasteiger charge is -2.41. The Hall–Kier alpha value is 0.0569. The third-order valence-electron chi connectivity index (χ3n) is 2.54. The predicted octanol–water partition coefficient (Wildman–Crippen LogP) is 1.39. The molecule has 1 unspecified atom stereocenters. The molecule has 13 heavy (non-hydrogen) atoms. The zero-order chi connectivity index (χ0) is 9.95. The zero-order valence-corrected chi connectivity index (χ0v) is 9.75. The van der Waals surface area contributed by atoms with Crippen molar-refractivity contribution in [1.29, 1.82) is 0 Å². The molecule has 1 saturated heterocycles. The van der Waals surface area contributed by atoms with Crippen LogP contribution in [0.2, 0.25) is 6.04 Å². The van der Waals surface area contributed by atoms with Gasteiger partial charge in [-0.05, 0) is 13.3 Å². The largest absolute Gasteiger partial charge is 0.502 e. The molecule has 0 radical (unpaired) electrons. The lowest BCUT2D eigenvalue weighted by atomic mass is 10.2. The molecule has 0 bridgehead atoms. The Bertz CT molecular complexity index is 172. The highest BCUT2D eigenvalue weighted by Gasteiger charge is 2.49. The van der Waals surface area contributed by atoms with E-state index in [1.165, 1.54) is 0 Å². The van der Waals surface area contributed by atoms with Crippen molar-refractivity contribution in [3.63, 3.8) is 0 Å². The van der Waals surface area contributed by atoms with Gasteiger partial charge >= 0.3 is 8.80 Å². The normalized spacial score (nSPS) is 33.2. The van der Waals surface area contributed by atoms with Crippen LogP contribution in [0.25, 0.3) is 0 Å². The average molecular weight is 206 g/mol. The number of hydrogen-bond donors (Lipinski definition) is 0. The molecule has 0 aromatic carbocycles. The quantitative estimate of drug-likeness (QED) is 0.654. The molecule has 0 N–H and O–H groups in total. The molecule has 1 fully saturated rings. The smallest absolute Gasteiger partial charge is 0.377 e. The molecule has 78 valence electrons. The number of rotatable bonds is 3. The van der Waals surface area contributed by atoms with E-state index in [0.717, 1.165) is 18.9 Å². The molecule has 0 aromatic heterocycles. The van der Waals surface area contributed by atoms with Gasteiger partial charge in [-0.15, -0.1) is 0 Å².